The van der Waals surface area contributed by atoms with Crippen molar-refractivity contribution in [1.29, 1.82) is 0 Å². The number of rotatable bonds is 4. The predicted molar refractivity (Wildman–Crippen MR) is 105 cm³/mol. The Morgan fingerprint density at radius 2 is 1.97 bits per heavy atom. The van der Waals surface area contributed by atoms with Crippen LogP contribution in [0.1, 0.15) is 44.3 Å². The molecule has 0 bridgehead atoms. The fraction of sp³-hybridized carbons (Fsp3) is 0.190. The van der Waals surface area contributed by atoms with Gasteiger partial charge in [0.2, 0.25) is 0 Å². The molecule has 166 valence electrons. The molecular weight excluding hydrogens is 456 g/mol. The fourth-order valence-electron chi connectivity index (χ4n) is 3.62. The Kier molecular flexibility index (Phi) is 5.41. The zero-order chi connectivity index (χ0) is 23.2. The number of fused-ring (bicyclic) bond motifs is 1. The van der Waals surface area contributed by atoms with Crippen molar-refractivity contribution in [2.45, 2.75) is 18.5 Å². The van der Waals surface area contributed by atoms with Crippen molar-refractivity contribution in [3.63, 3.8) is 0 Å². The summed E-state index contributed by atoms with van der Waals surface area (Å²) in [6, 6.07) is 6.25. The number of carbonyl (C=O) groups excluding carboxylic acids is 1. The van der Waals surface area contributed by atoms with E-state index in [4.69, 9.17) is 21.4 Å². The van der Waals surface area contributed by atoms with Gasteiger partial charge in [0.05, 0.1) is 34.4 Å². The van der Waals surface area contributed by atoms with E-state index in [1.54, 1.807) is 0 Å². The second-order valence-corrected chi connectivity index (χ2v) is 7.44. The third-order valence-corrected chi connectivity index (χ3v) is 5.42. The summed E-state index contributed by atoms with van der Waals surface area (Å²) in [6.45, 7) is -0.0312. The highest BCUT2D eigenvalue weighted by molar-refractivity contribution is 6.34. The smallest absolute Gasteiger partial charge is 0.417 e. The van der Waals surface area contributed by atoms with Crippen LogP contribution in [0.2, 0.25) is 5.02 Å². The zero-order valence-electron chi connectivity index (χ0n) is 16.0. The van der Waals surface area contributed by atoms with Crippen molar-refractivity contribution in [1.82, 2.24) is 10.2 Å². The molecule has 0 radical (unpaired) electrons. The molecular formula is C21H13ClF4N2O4. The topological polar surface area (TPSA) is 92.3 Å². The van der Waals surface area contributed by atoms with E-state index in [2.05, 4.69) is 10.2 Å². The highest BCUT2D eigenvalue weighted by atomic mass is 35.5. The fourth-order valence-corrected chi connectivity index (χ4v) is 3.89. The third kappa shape index (κ3) is 3.70. The van der Waals surface area contributed by atoms with Gasteiger partial charge in [-0.2, -0.15) is 18.3 Å². The molecule has 3 aromatic rings. The number of nitrogens with one attached hydrogen (secondary N) is 1. The lowest BCUT2D eigenvalue weighted by Gasteiger charge is -2.24. The molecule has 0 spiro atoms. The molecule has 0 aliphatic carbocycles. The number of alkyl halides is 3. The lowest BCUT2D eigenvalue weighted by atomic mass is 9.87. The monoisotopic (exact) mass is 468 g/mol. The van der Waals surface area contributed by atoms with E-state index in [1.165, 1.54) is 18.2 Å². The SMILES string of the molecule is O=C(O)c1ccc(-c2n[nH]c3c2OCCC3C(=O)c2c(Cl)cccc2C(F)(F)F)c(F)c1. The van der Waals surface area contributed by atoms with Crippen molar-refractivity contribution in [3.8, 4) is 17.0 Å². The van der Waals surface area contributed by atoms with Gasteiger partial charge in [-0.15, -0.1) is 0 Å². The van der Waals surface area contributed by atoms with Gasteiger partial charge >= 0.3 is 12.1 Å². The lowest BCUT2D eigenvalue weighted by Crippen LogP contribution is -2.24. The van der Waals surface area contributed by atoms with Crippen molar-refractivity contribution in [2.75, 3.05) is 6.61 Å². The third-order valence-electron chi connectivity index (χ3n) is 5.10. The number of ether oxygens (including phenoxy) is 1. The molecule has 2 heterocycles. The second-order valence-electron chi connectivity index (χ2n) is 7.03. The molecule has 1 aliphatic heterocycles. The number of Topliss-reactive ketones (excluding diaryl/α,β-unsaturated/α-hetero) is 1. The quantitative estimate of drug-likeness (QED) is 0.398. The average molecular weight is 469 g/mol. The first-order valence-electron chi connectivity index (χ1n) is 9.23. The summed E-state index contributed by atoms with van der Waals surface area (Å²) >= 11 is 5.96. The summed E-state index contributed by atoms with van der Waals surface area (Å²) in [4.78, 5) is 24.2. The second kappa shape index (κ2) is 7.94. The van der Waals surface area contributed by atoms with Crippen LogP contribution in [0.5, 0.6) is 5.75 Å². The van der Waals surface area contributed by atoms with Gasteiger partial charge in [-0.1, -0.05) is 17.7 Å². The summed E-state index contributed by atoms with van der Waals surface area (Å²) < 4.78 is 60.5. The molecule has 1 aromatic heterocycles. The van der Waals surface area contributed by atoms with Gasteiger partial charge in [0.1, 0.15) is 11.5 Å². The first kappa shape index (κ1) is 21.8. The molecule has 2 N–H and O–H groups in total. The Bertz CT molecular complexity index is 1240. The Balaban J connectivity index is 1.77. The number of nitrogens with zero attached hydrogens (tertiary/aromatic N) is 1. The van der Waals surface area contributed by atoms with Crippen molar-refractivity contribution < 1.29 is 37.0 Å². The van der Waals surface area contributed by atoms with Gasteiger partial charge in [0, 0.05) is 11.1 Å². The van der Waals surface area contributed by atoms with Gasteiger partial charge in [-0.25, -0.2) is 9.18 Å². The van der Waals surface area contributed by atoms with Crippen LogP contribution in [0.3, 0.4) is 0 Å². The van der Waals surface area contributed by atoms with Crippen LogP contribution < -0.4 is 4.74 Å². The highest BCUT2D eigenvalue weighted by Gasteiger charge is 2.40. The number of hydrogen-bond acceptors (Lipinski definition) is 4. The Morgan fingerprint density at radius 3 is 2.62 bits per heavy atom. The number of aromatic nitrogens is 2. The summed E-state index contributed by atoms with van der Waals surface area (Å²) in [7, 11) is 0. The van der Waals surface area contributed by atoms with Crippen molar-refractivity contribution in [2.24, 2.45) is 0 Å². The maximum Gasteiger partial charge on any atom is 0.417 e. The number of halogens is 5. The Labute approximate surface area is 182 Å². The highest BCUT2D eigenvalue weighted by Crippen LogP contribution is 2.44. The normalized spacial score (nSPS) is 15.7. The van der Waals surface area contributed by atoms with E-state index in [1.807, 2.05) is 0 Å². The van der Waals surface area contributed by atoms with Gasteiger partial charge in [-0.3, -0.25) is 9.89 Å². The minimum absolute atomic E-state index is 0.0113. The predicted octanol–water partition coefficient (Wildman–Crippen LogP) is 5.34. The molecule has 0 fully saturated rings. The number of carboxylic acid groups (broad SMARTS) is 1. The molecule has 0 saturated carbocycles. The standard InChI is InChI=1S/C21H13ClF4N2O4/c22-13-3-1-2-12(21(24,25)26)15(13)18(29)11-6-7-32-19-16(27-28-17(11)19)10-5-4-9(20(30)31)8-14(10)23/h1-5,8,11H,6-7H2,(H,27,28)(H,30,31). The summed E-state index contributed by atoms with van der Waals surface area (Å²) in [5, 5.41) is 15.2. The van der Waals surface area contributed by atoms with Gasteiger partial charge in [-0.05, 0) is 36.8 Å². The molecule has 0 saturated heterocycles. The molecule has 4 rings (SSSR count). The summed E-state index contributed by atoms with van der Waals surface area (Å²) in [5.74, 6) is -4.15. The number of carbonyl (C=O) groups is 2. The average Bonchev–Trinajstić information content (AvgIpc) is 3.16. The minimum atomic E-state index is -4.79. The number of hydrogen-bond donors (Lipinski definition) is 2. The summed E-state index contributed by atoms with van der Waals surface area (Å²) in [5.41, 5.74) is -2.11. The Morgan fingerprint density at radius 1 is 1.22 bits per heavy atom. The maximum absolute atomic E-state index is 14.5. The first-order chi connectivity index (χ1) is 15.1. The van der Waals surface area contributed by atoms with E-state index < -0.39 is 40.8 Å². The maximum atomic E-state index is 14.5. The van der Waals surface area contributed by atoms with Crippen molar-refractivity contribution in [3.05, 3.63) is 69.6 Å². The van der Waals surface area contributed by atoms with E-state index in [0.717, 1.165) is 18.2 Å². The number of aromatic carboxylic acids is 1. The summed E-state index contributed by atoms with van der Waals surface area (Å²) in [6.07, 6.45) is -4.74. The van der Waals surface area contributed by atoms with Crippen LogP contribution in [0, 0.1) is 5.82 Å². The van der Waals surface area contributed by atoms with Crippen LogP contribution in [0.15, 0.2) is 36.4 Å². The molecule has 2 aromatic carbocycles. The number of carboxylic acids is 1. The number of ketones is 1. The van der Waals surface area contributed by atoms with Gasteiger partial charge in [0.15, 0.2) is 11.5 Å². The van der Waals surface area contributed by atoms with Crippen LogP contribution >= 0.6 is 11.6 Å². The van der Waals surface area contributed by atoms with Crippen LogP contribution in [-0.4, -0.2) is 33.7 Å². The Hall–Kier alpha value is -3.40. The minimum Gasteiger partial charge on any atom is -0.489 e. The molecule has 6 nitrogen and oxygen atoms in total. The van der Waals surface area contributed by atoms with Gasteiger partial charge < -0.3 is 9.84 Å². The number of aromatic amines is 1. The van der Waals surface area contributed by atoms with E-state index in [0.29, 0.717) is 0 Å². The number of benzene rings is 2. The lowest BCUT2D eigenvalue weighted by molar-refractivity contribution is -0.137. The molecule has 1 atom stereocenters. The van der Waals surface area contributed by atoms with Crippen LogP contribution in [0.25, 0.3) is 11.3 Å². The zero-order valence-corrected chi connectivity index (χ0v) is 16.7. The molecule has 11 heteroatoms. The molecule has 32 heavy (non-hydrogen) atoms. The van der Waals surface area contributed by atoms with E-state index in [9.17, 15) is 27.2 Å². The number of H-pyrrole nitrogens is 1. The van der Waals surface area contributed by atoms with Crippen LogP contribution in [-0.2, 0) is 6.18 Å². The van der Waals surface area contributed by atoms with Crippen LogP contribution in [0.4, 0.5) is 17.6 Å². The van der Waals surface area contributed by atoms with Crippen molar-refractivity contribution >= 4 is 23.4 Å². The van der Waals surface area contributed by atoms with E-state index in [-0.39, 0.29) is 46.3 Å². The largest absolute Gasteiger partial charge is 0.489 e. The first-order valence-corrected chi connectivity index (χ1v) is 9.61. The molecule has 1 unspecified atom stereocenters. The molecule has 1 aliphatic rings. The van der Waals surface area contributed by atoms with Gasteiger partial charge in [0.25, 0.3) is 0 Å². The molecule has 0 amide bonds. The van der Waals surface area contributed by atoms with E-state index >= 15 is 0 Å².